The minimum Gasteiger partial charge on any atom is -0.382 e. The maximum absolute atomic E-state index is 12.3. The maximum Gasteiger partial charge on any atom is 0.248 e. The van der Waals surface area contributed by atoms with Crippen LogP contribution in [0.1, 0.15) is 29.9 Å². The van der Waals surface area contributed by atoms with Gasteiger partial charge in [-0.15, -0.1) is 0 Å². The molecule has 24 heavy (non-hydrogen) atoms. The average Bonchev–Trinajstić information content (AvgIpc) is 3.11. The summed E-state index contributed by atoms with van der Waals surface area (Å²) in [5, 5.41) is 0. The first-order valence-electron chi connectivity index (χ1n) is 8.65. The topological polar surface area (TPSA) is 67.8 Å². The van der Waals surface area contributed by atoms with Crippen molar-refractivity contribution >= 4 is 11.7 Å². The molecule has 0 unspecified atom stereocenters. The van der Waals surface area contributed by atoms with Gasteiger partial charge in [0.2, 0.25) is 5.91 Å². The lowest BCUT2D eigenvalue weighted by molar-refractivity contribution is -0.137. The summed E-state index contributed by atoms with van der Waals surface area (Å²) in [6.07, 6.45) is 3.26. The molecule has 0 bridgehead atoms. The lowest BCUT2D eigenvalue weighted by Crippen LogP contribution is -2.39. The Kier molecular flexibility index (Phi) is 5.63. The summed E-state index contributed by atoms with van der Waals surface area (Å²) in [5.74, 6) is 1.87. The van der Waals surface area contributed by atoms with Crippen molar-refractivity contribution in [1.82, 2.24) is 14.9 Å². The van der Waals surface area contributed by atoms with Gasteiger partial charge < -0.3 is 19.3 Å². The highest BCUT2D eigenvalue weighted by Gasteiger charge is 2.27. The number of nitrogens with zero attached hydrogens (tertiary/aromatic N) is 4. The molecular weight excluding hydrogens is 308 g/mol. The highest BCUT2D eigenvalue weighted by molar-refractivity contribution is 5.77. The summed E-state index contributed by atoms with van der Waals surface area (Å²) in [7, 11) is 1.62. The van der Waals surface area contributed by atoms with Gasteiger partial charge in [0.1, 0.15) is 18.2 Å². The Labute approximate surface area is 143 Å². The number of aromatic nitrogens is 2. The fourth-order valence-electron chi connectivity index (χ4n) is 3.33. The van der Waals surface area contributed by atoms with Crippen LogP contribution in [-0.2, 0) is 27.2 Å². The van der Waals surface area contributed by atoms with Crippen LogP contribution < -0.4 is 4.90 Å². The Bertz CT molecular complexity index is 587. The number of carbonyl (C=O) groups is 1. The summed E-state index contributed by atoms with van der Waals surface area (Å²) < 4.78 is 10.3. The number of rotatable bonds is 6. The Hall–Kier alpha value is -1.73. The number of hydrogen-bond acceptors (Lipinski definition) is 6. The Morgan fingerprint density at radius 1 is 1.17 bits per heavy atom. The molecule has 0 saturated carbocycles. The maximum atomic E-state index is 12.3. The first-order valence-corrected chi connectivity index (χ1v) is 8.65. The van der Waals surface area contributed by atoms with Crippen LogP contribution in [0.2, 0.25) is 0 Å². The van der Waals surface area contributed by atoms with E-state index in [2.05, 4.69) is 14.9 Å². The summed E-state index contributed by atoms with van der Waals surface area (Å²) in [5.41, 5.74) is 2.20. The molecule has 1 saturated heterocycles. The molecule has 1 aromatic rings. The van der Waals surface area contributed by atoms with E-state index < -0.39 is 0 Å². The zero-order valence-corrected chi connectivity index (χ0v) is 14.6. The molecule has 1 aromatic heterocycles. The summed E-state index contributed by atoms with van der Waals surface area (Å²) in [4.78, 5) is 25.8. The van der Waals surface area contributed by atoms with Crippen LogP contribution >= 0.6 is 0 Å². The average molecular weight is 334 g/mol. The van der Waals surface area contributed by atoms with E-state index in [1.54, 1.807) is 7.11 Å². The predicted octanol–water partition coefficient (Wildman–Crippen LogP) is 0.933. The molecule has 0 aromatic carbocycles. The van der Waals surface area contributed by atoms with E-state index >= 15 is 0 Å². The van der Waals surface area contributed by atoms with Crippen LogP contribution in [0.5, 0.6) is 0 Å². The fraction of sp³-hybridized carbons (Fsp3) is 0.706. The third-order valence-electron chi connectivity index (χ3n) is 4.57. The van der Waals surface area contributed by atoms with Gasteiger partial charge in [0, 0.05) is 32.3 Å². The van der Waals surface area contributed by atoms with Gasteiger partial charge in [0.05, 0.1) is 25.5 Å². The van der Waals surface area contributed by atoms with Crippen LogP contribution in [0.4, 0.5) is 5.82 Å². The van der Waals surface area contributed by atoms with Crippen molar-refractivity contribution in [2.75, 3.05) is 51.5 Å². The molecule has 1 fully saturated rings. The van der Waals surface area contributed by atoms with Crippen LogP contribution in [0.3, 0.4) is 0 Å². The molecule has 0 spiro atoms. The van der Waals surface area contributed by atoms with Crippen molar-refractivity contribution in [3.8, 4) is 0 Å². The highest BCUT2D eigenvalue weighted by Crippen LogP contribution is 2.28. The molecule has 132 valence electrons. The highest BCUT2D eigenvalue weighted by atomic mass is 16.5. The molecule has 0 atom stereocenters. The van der Waals surface area contributed by atoms with Gasteiger partial charge >= 0.3 is 0 Å². The molecule has 7 nitrogen and oxygen atoms in total. The molecule has 1 amide bonds. The van der Waals surface area contributed by atoms with Crippen LogP contribution in [0.15, 0.2) is 0 Å². The van der Waals surface area contributed by atoms with Gasteiger partial charge in [-0.25, -0.2) is 9.97 Å². The number of hydrogen-bond donors (Lipinski definition) is 0. The quantitative estimate of drug-likeness (QED) is 0.721. The van der Waals surface area contributed by atoms with Crippen molar-refractivity contribution in [2.24, 2.45) is 0 Å². The van der Waals surface area contributed by atoms with Gasteiger partial charge in [0.15, 0.2) is 0 Å². The fourth-order valence-corrected chi connectivity index (χ4v) is 3.33. The second-order valence-corrected chi connectivity index (χ2v) is 6.32. The van der Waals surface area contributed by atoms with Crippen molar-refractivity contribution in [2.45, 2.75) is 32.7 Å². The largest absolute Gasteiger partial charge is 0.382 e. The number of fused-ring (bicyclic) bond motifs is 1. The lowest BCUT2D eigenvalue weighted by Gasteiger charge is -2.31. The molecule has 7 heteroatoms. The van der Waals surface area contributed by atoms with E-state index in [0.717, 1.165) is 36.8 Å². The Morgan fingerprint density at radius 2 is 1.96 bits per heavy atom. The molecule has 0 N–H and O–H groups in total. The molecule has 0 aliphatic carbocycles. The first kappa shape index (κ1) is 17.1. The van der Waals surface area contributed by atoms with E-state index in [4.69, 9.17) is 9.47 Å². The van der Waals surface area contributed by atoms with E-state index in [9.17, 15) is 4.79 Å². The van der Waals surface area contributed by atoms with Gasteiger partial charge in [-0.3, -0.25) is 4.79 Å². The van der Waals surface area contributed by atoms with Crippen molar-refractivity contribution < 1.29 is 14.3 Å². The molecule has 2 aliphatic rings. The van der Waals surface area contributed by atoms with Gasteiger partial charge in [-0.05, 0) is 26.2 Å². The molecular formula is C17H26N4O3. The van der Waals surface area contributed by atoms with Crippen LogP contribution in [0.25, 0.3) is 0 Å². The van der Waals surface area contributed by atoms with E-state index in [1.807, 2.05) is 11.8 Å². The second-order valence-electron chi connectivity index (χ2n) is 6.32. The normalized spacial score (nSPS) is 17.2. The van der Waals surface area contributed by atoms with Crippen LogP contribution in [0, 0.1) is 6.92 Å². The first-order chi connectivity index (χ1) is 11.7. The third-order valence-corrected chi connectivity index (χ3v) is 4.57. The SMILES string of the molecule is COCCOCC(=O)N1CCc2c(nc(C)nc2N2CCCC2)C1. The lowest BCUT2D eigenvalue weighted by atomic mass is 10.0. The standard InChI is InChI=1S/C17H26N4O3/c1-13-18-15-11-21(16(22)12-24-10-9-23-2)8-5-14(15)17(19-13)20-6-3-4-7-20/h3-12H2,1-2H3. The minimum atomic E-state index is 0.00995. The third kappa shape index (κ3) is 3.84. The van der Waals surface area contributed by atoms with Gasteiger partial charge in [-0.1, -0.05) is 0 Å². The zero-order chi connectivity index (χ0) is 16.9. The number of ether oxygens (including phenoxy) is 2. The second kappa shape index (κ2) is 7.90. The minimum absolute atomic E-state index is 0.00995. The number of amides is 1. The predicted molar refractivity (Wildman–Crippen MR) is 90.0 cm³/mol. The Morgan fingerprint density at radius 3 is 2.71 bits per heavy atom. The van der Waals surface area contributed by atoms with E-state index in [1.165, 1.54) is 18.4 Å². The van der Waals surface area contributed by atoms with E-state index in [0.29, 0.717) is 26.3 Å². The van der Waals surface area contributed by atoms with Crippen molar-refractivity contribution in [3.63, 3.8) is 0 Å². The number of anilines is 1. The van der Waals surface area contributed by atoms with Gasteiger partial charge in [-0.2, -0.15) is 0 Å². The van der Waals surface area contributed by atoms with Crippen molar-refractivity contribution in [1.29, 1.82) is 0 Å². The van der Waals surface area contributed by atoms with E-state index in [-0.39, 0.29) is 12.5 Å². The number of methoxy groups -OCH3 is 1. The summed E-state index contributed by atoms with van der Waals surface area (Å²) in [6, 6.07) is 0. The number of carbonyl (C=O) groups excluding carboxylic acids is 1. The molecule has 2 aliphatic heterocycles. The molecule has 3 heterocycles. The molecule has 3 rings (SSSR count). The Balaban J connectivity index is 1.68. The summed E-state index contributed by atoms with van der Waals surface area (Å²) >= 11 is 0. The zero-order valence-electron chi connectivity index (χ0n) is 14.6. The van der Waals surface area contributed by atoms with Crippen LogP contribution in [-0.4, -0.2) is 67.3 Å². The van der Waals surface area contributed by atoms with Crippen molar-refractivity contribution in [3.05, 3.63) is 17.1 Å². The number of aryl methyl sites for hydroxylation is 1. The monoisotopic (exact) mass is 334 g/mol. The summed E-state index contributed by atoms with van der Waals surface area (Å²) in [6.45, 7) is 6.35. The smallest absolute Gasteiger partial charge is 0.248 e. The molecule has 0 radical (unpaired) electrons. The van der Waals surface area contributed by atoms with Gasteiger partial charge in [0.25, 0.3) is 0 Å².